The van der Waals surface area contributed by atoms with Crippen molar-refractivity contribution in [2.45, 2.75) is 6.04 Å². The molecule has 0 aliphatic rings. The summed E-state index contributed by atoms with van der Waals surface area (Å²) in [7, 11) is 0. The van der Waals surface area contributed by atoms with Crippen molar-refractivity contribution >= 4 is 28.7 Å². The number of H-pyrrole nitrogens is 2. The van der Waals surface area contributed by atoms with E-state index in [1.54, 1.807) is 30.0 Å². The molecule has 0 spiro atoms. The lowest BCUT2D eigenvalue weighted by atomic mass is 10.1. The number of aromatic amines is 2. The van der Waals surface area contributed by atoms with Crippen LogP contribution < -0.4 is 11.0 Å². The molecule has 1 amide bonds. The van der Waals surface area contributed by atoms with Crippen LogP contribution in [0.25, 0.3) is 11.0 Å². The Balaban J connectivity index is 1.83. The Bertz CT molecular complexity index is 870. The van der Waals surface area contributed by atoms with Gasteiger partial charge in [-0.25, -0.2) is 4.79 Å². The predicted molar refractivity (Wildman–Crippen MR) is 94.0 cm³/mol. The van der Waals surface area contributed by atoms with Gasteiger partial charge in [0.1, 0.15) is 0 Å². The smallest absolute Gasteiger partial charge is 0.323 e. The van der Waals surface area contributed by atoms with Crippen LogP contribution in [-0.2, 0) is 0 Å². The summed E-state index contributed by atoms with van der Waals surface area (Å²) < 4.78 is 0. The zero-order valence-corrected chi connectivity index (χ0v) is 13.4. The molecule has 0 aliphatic heterocycles. The number of amides is 1. The van der Waals surface area contributed by atoms with E-state index >= 15 is 0 Å². The van der Waals surface area contributed by atoms with E-state index in [9.17, 15) is 9.59 Å². The summed E-state index contributed by atoms with van der Waals surface area (Å²) in [4.78, 5) is 29.2. The molecule has 0 saturated carbocycles. The number of benzene rings is 2. The highest BCUT2D eigenvalue weighted by molar-refractivity contribution is 7.98. The molecule has 2 aromatic carbocycles. The number of fused-ring (bicyclic) bond motifs is 1. The molecule has 0 radical (unpaired) electrons. The van der Waals surface area contributed by atoms with Gasteiger partial charge < -0.3 is 15.3 Å². The highest BCUT2D eigenvalue weighted by Crippen LogP contribution is 2.18. The molecule has 3 aromatic rings. The zero-order chi connectivity index (χ0) is 16.2. The minimum atomic E-state index is -0.276. The third kappa shape index (κ3) is 3.48. The van der Waals surface area contributed by atoms with Crippen molar-refractivity contribution in [2.24, 2.45) is 0 Å². The van der Waals surface area contributed by atoms with Gasteiger partial charge in [-0.2, -0.15) is 11.8 Å². The molecule has 1 aromatic heterocycles. The normalized spacial score (nSPS) is 12.2. The summed E-state index contributed by atoms with van der Waals surface area (Å²) in [6.07, 6.45) is 2.01. The number of hydrogen-bond acceptors (Lipinski definition) is 3. The van der Waals surface area contributed by atoms with Crippen molar-refractivity contribution in [3.05, 3.63) is 70.1 Å². The predicted octanol–water partition coefficient (Wildman–Crippen LogP) is 2.69. The maximum absolute atomic E-state index is 12.5. The lowest BCUT2D eigenvalue weighted by molar-refractivity contribution is 0.0940. The topological polar surface area (TPSA) is 77.8 Å². The second-order valence-electron chi connectivity index (χ2n) is 5.23. The summed E-state index contributed by atoms with van der Waals surface area (Å²) in [6, 6.07) is 15.0. The quantitative estimate of drug-likeness (QED) is 0.674. The largest absolute Gasteiger partial charge is 0.344 e. The van der Waals surface area contributed by atoms with Crippen LogP contribution in [0, 0.1) is 0 Å². The van der Waals surface area contributed by atoms with E-state index < -0.39 is 0 Å². The summed E-state index contributed by atoms with van der Waals surface area (Å²) in [6.45, 7) is 0. The molecule has 1 unspecified atom stereocenters. The van der Waals surface area contributed by atoms with Crippen LogP contribution in [0.5, 0.6) is 0 Å². The fourth-order valence-electron chi connectivity index (χ4n) is 2.49. The van der Waals surface area contributed by atoms with E-state index in [2.05, 4.69) is 15.3 Å². The van der Waals surface area contributed by atoms with E-state index in [1.165, 1.54) is 0 Å². The highest BCUT2D eigenvalue weighted by atomic mass is 32.2. The molecule has 0 fully saturated rings. The van der Waals surface area contributed by atoms with Crippen molar-refractivity contribution in [3.63, 3.8) is 0 Å². The first-order valence-corrected chi connectivity index (χ1v) is 8.63. The molecule has 6 heteroatoms. The summed E-state index contributed by atoms with van der Waals surface area (Å²) in [5, 5.41) is 3.06. The van der Waals surface area contributed by atoms with Gasteiger partial charge in [-0.15, -0.1) is 0 Å². The van der Waals surface area contributed by atoms with Gasteiger partial charge in [0.05, 0.1) is 17.1 Å². The fraction of sp³-hybridized carbons (Fsp3) is 0.176. The van der Waals surface area contributed by atoms with Gasteiger partial charge in [0.25, 0.3) is 5.91 Å². The summed E-state index contributed by atoms with van der Waals surface area (Å²) >= 11 is 1.68. The molecule has 0 saturated heterocycles. The molecule has 3 rings (SSSR count). The Labute approximate surface area is 137 Å². The molecule has 1 heterocycles. The number of hydrogen-bond donors (Lipinski definition) is 3. The van der Waals surface area contributed by atoms with Crippen LogP contribution in [0.4, 0.5) is 0 Å². The van der Waals surface area contributed by atoms with Crippen molar-refractivity contribution in [2.75, 3.05) is 12.0 Å². The van der Waals surface area contributed by atoms with Gasteiger partial charge in [-0.05, 0) is 30.0 Å². The maximum atomic E-state index is 12.5. The van der Waals surface area contributed by atoms with E-state index in [1.807, 2.05) is 36.6 Å². The monoisotopic (exact) mass is 327 g/mol. The third-order valence-corrected chi connectivity index (χ3v) is 4.29. The van der Waals surface area contributed by atoms with Crippen molar-refractivity contribution < 1.29 is 4.79 Å². The molecule has 1 atom stereocenters. The Kier molecular flexibility index (Phi) is 4.52. The first-order chi connectivity index (χ1) is 11.2. The molecule has 0 aliphatic carbocycles. The molecular weight excluding hydrogens is 310 g/mol. The lowest BCUT2D eigenvalue weighted by Crippen LogP contribution is -2.30. The zero-order valence-electron chi connectivity index (χ0n) is 12.6. The highest BCUT2D eigenvalue weighted by Gasteiger charge is 2.15. The van der Waals surface area contributed by atoms with Crippen LogP contribution >= 0.6 is 11.8 Å². The van der Waals surface area contributed by atoms with Gasteiger partial charge >= 0.3 is 5.69 Å². The molecule has 5 nitrogen and oxygen atoms in total. The van der Waals surface area contributed by atoms with Crippen molar-refractivity contribution in [3.8, 4) is 0 Å². The number of aromatic nitrogens is 2. The Morgan fingerprint density at radius 1 is 1.13 bits per heavy atom. The van der Waals surface area contributed by atoms with Gasteiger partial charge in [0, 0.05) is 11.3 Å². The van der Waals surface area contributed by atoms with Crippen LogP contribution in [0.2, 0.25) is 0 Å². The number of rotatable bonds is 5. The van der Waals surface area contributed by atoms with E-state index in [0.717, 1.165) is 11.3 Å². The van der Waals surface area contributed by atoms with Crippen LogP contribution in [0.15, 0.2) is 53.3 Å². The number of imidazole rings is 1. The number of thioether (sulfide) groups is 1. The Morgan fingerprint density at radius 3 is 2.61 bits per heavy atom. The number of nitrogens with one attached hydrogen (secondary N) is 3. The van der Waals surface area contributed by atoms with Crippen molar-refractivity contribution in [1.82, 2.24) is 15.3 Å². The SMILES string of the molecule is CSCC(NC(=O)c1ccc2[nH]c(=O)[nH]c2c1)c1ccccc1. The lowest BCUT2D eigenvalue weighted by Gasteiger charge is -2.18. The second kappa shape index (κ2) is 6.75. The Morgan fingerprint density at radius 2 is 1.87 bits per heavy atom. The first-order valence-electron chi connectivity index (χ1n) is 7.24. The first kappa shape index (κ1) is 15.4. The molecule has 3 N–H and O–H groups in total. The second-order valence-corrected chi connectivity index (χ2v) is 6.14. The van der Waals surface area contributed by atoms with Crippen molar-refractivity contribution in [1.29, 1.82) is 0 Å². The van der Waals surface area contributed by atoms with Crippen LogP contribution in [-0.4, -0.2) is 27.9 Å². The minimum absolute atomic E-state index is 0.0559. The van der Waals surface area contributed by atoms with E-state index in [-0.39, 0.29) is 17.6 Å². The minimum Gasteiger partial charge on any atom is -0.344 e. The van der Waals surface area contributed by atoms with Gasteiger partial charge in [-0.3, -0.25) is 4.79 Å². The number of carbonyl (C=O) groups is 1. The fourth-order valence-corrected chi connectivity index (χ4v) is 3.10. The standard InChI is InChI=1S/C17H17N3O2S/c1-23-10-15(11-5-3-2-4-6-11)18-16(21)12-7-8-13-14(9-12)20-17(22)19-13/h2-9,15H,10H2,1H3,(H,18,21)(H2,19,20,22). The molecular formula is C17H17N3O2S. The molecule has 23 heavy (non-hydrogen) atoms. The summed E-state index contributed by atoms with van der Waals surface area (Å²) in [5.41, 5.74) is 2.64. The van der Waals surface area contributed by atoms with E-state index in [0.29, 0.717) is 16.6 Å². The Hall–Kier alpha value is -2.47. The van der Waals surface area contributed by atoms with Crippen LogP contribution in [0.1, 0.15) is 22.0 Å². The molecule has 0 bridgehead atoms. The average Bonchev–Trinajstić information content (AvgIpc) is 2.94. The maximum Gasteiger partial charge on any atom is 0.323 e. The van der Waals surface area contributed by atoms with Gasteiger partial charge in [0.15, 0.2) is 0 Å². The number of carbonyl (C=O) groups excluding carboxylic acids is 1. The third-order valence-electron chi connectivity index (χ3n) is 3.62. The average molecular weight is 327 g/mol. The van der Waals surface area contributed by atoms with Gasteiger partial charge in [-0.1, -0.05) is 30.3 Å². The molecule has 118 valence electrons. The summed E-state index contributed by atoms with van der Waals surface area (Å²) in [5.74, 6) is 0.635. The van der Waals surface area contributed by atoms with E-state index in [4.69, 9.17) is 0 Å². The van der Waals surface area contributed by atoms with Gasteiger partial charge in [0.2, 0.25) is 0 Å². The van der Waals surface area contributed by atoms with Crippen LogP contribution in [0.3, 0.4) is 0 Å².